The third-order valence-corrected chi connectivity index (χ3v) is 8.64. The topological polar surface area (TPSA) is 29.5 Å². The molecule has 5 rings (SSSR count). The van der Waals surface area contributed by atoms with Gasteiger partial charge in [0.15, 0.2) is 0 Å². The fourth-order valence-corrected chi connectivity index (χ4v) is 6.33. The van der Waals surface area contributed by atoms with Crippen molar-refractivity contribution in [1.82, 2.24) is 4.90 Å². The van der Waals surface area contributed by atoms with E-state index in [4.69, 9.17) is 16.3 Å². The van der Waals surface area contributed by atoms with Crippen LogP contribution in [0.4, 0.5) is 0 Å². The van der Waals surface area contributed by atoms with Gasteiger partial charge in [-0.25, -0.2) is 0 Å². The third kappa shape index (κ3) is 5.54. The Morgan fingerprint density at radius 2 is 1.63 bits per heavy atom. The van der Waals surface area contributed by atoms with Gasteiger partial charge in [0, 0.05) is 41.1 Å². The molecule has 3 aromatic rings. The van der Waals surface area contributed by atoms with Crippen molar-refractivity contribution in [3.05, 3.63) is 94.0 Å². The monoisotopic (exact) mass is 505 g/mol. The summed E-state index contributed by atoms with van der Waals surface area (Å²) in [6.07, 6.45) is 4.97. The second-order valence-electron chi connectivity index (χ2n) is 9.73. The molecule has 2 atom stereocenters. The van der Waals surface area contributed by atoms with Crippen LogP contribution in [0.1, 0.15) is 59.7 Å². The summed E-state index contributed by atoms with van der Waals surface area (Å²) in [5.74, 6) is 1.81. The summed E-state index contributed by atoms with van der Waals surface area (Å²) in [6, 6.07) is 23.3. The van der Waals surface area contributed by atoms with Gasteiger partial charge in [-0.3, -0.25) is 4.79 Å². The summed E-state index contributed by atoms with van der Waals surface area (Å²) in [5.41, 5.74) is 4.51. The first-order chi connectivity index (χ1) is 17.0. The average Bonchev–Trinajstić information content (AvgIpc) is 3.15. The van der Waals surface area contributed by atoms with Crippen molar-refractivity contribution < 1.29 is 9.53 Å². The van der Waals surface area contributed by atoms with Crippen LogP contribution in [0.2, 0.25) is 5.02 Å². The zero-order chi connectivity index (χ0) is 24.4. The van der Waals surface area contributed by atoms with Crippen LogP contribution in [0.25, 0.3) is 0 Å². The molecule has 2 saturated heterocycles. The standard InChI is InChI=1S/C30H32ClNO2S/c1-3-21-7-13-27(14-8-21)35-19-22-5-9-23(10-6-22)30(33)32-24-11-12-25(32)18-26(17-24)34-29-16-20(2)4-15-28(29)31/h4-10,13-16,24-26H,3,11-12,17-19H2,1-2H3. The van der Waals surface area contributed by atoms with Gasteiger partial charge in [0.05, 0.1) is 5.02 Å². The number of piperidine rings is 1. The largest absolute Gasteiger partial charge is 0.489 e. The fraction of sp³-hybridized carbons (Fsp3) is 0.367. The number of thioether (sulfide) groups is 1. The lowest BCUT2D eigenvalue weighted by Gasteiger charge is -2.39. The Morgan fingerprint density at radius 3 is 2.29 bits per heavy atom. The zero-order valence-electron chi connectivity index (χ0n) is 20.4. The number of carbonyl (C=O) groups is 1. The molecule has 2 bridgehead atoms. The van der Waals surface area contributed by atoms with Crippen molar-refractivity contribution in [3.63, 3.8) is 0 Å². The van der Waals surface area contributed by atoms with Crippen LogP contribution in [0.5, 0.6) is 5.75 Å². The van der Waals surface area contributed by atoms with Gasteiger partial charge >= 0.3 is 0 Å². The lowest BCUT2D eigenvalue weighted by molar-refractivity contribution is 0.0359. The van der Waals surface area contributed by atoms with Gasteiger partial charge < -0.3 is 9.64 Å². The highest BCUT2D eigenvalue weighted by Crippen LogP contribution is 2.39. The second-order valence-corrected chi connectivity index (χ2v) is 11.2. The van der Waals surface area contributed by atoms with Crippen LogP contribution in [0, 0.1) is 6.92 Å². The van der Waals surface area contributed by atoms with Crippen molar-refractivity contribution in [2.24, 2.45) is 0 Å². The third-order valence-electron chi connectivity index (χ3n) is 7.24. The van der Waals surface area contributed by atoms with Crippen molar-refractivity contribution >= 4 is 29.3 Å². The van der Waals surface area contributed by atoms with Gasteiger partial charge in [0.25, 0.3) is 5.91 Å². The quantitative estimate of drug-likeness (QED) is 0.308. The van der Waals surface area contributed by atoms with E-state index < -0.39 is 0 Å². The molecule has 35 heavy (non-hydrogen) atoms. The number of benzene rings is 3. The summed E-state index contributed by atoms with van der Waals surface area (Å²) in [7, 11) is 0. The van der Waals surface area contributed by atoms with E-state index in [-0.39, 0.29) is 24.1 Å². The minimum Gasteiger partial charge on any atom is -0.489 e. The lowest BCUT2D eigenvalue weighted by Crippen LogP contribution is -2.49. The number of hydrogen-bond acceptors (Lipinski definition) is 3. The molecule has 0 spiro atoms. The van der Waals surface area contributed by atoms with Crippen LogP contribution in [-0.4, -0.2) is 29.0 Å². The van der Waals surface area contributed by atoms with Crippen LogP contribution in [-0.2, 0) is 12.2 Å². The molecule has 3 aromatic carbocycles. The summed E-state index contributed by atoms with van der Waals surface area (Å²) < 4.78 is 6.30. The molecule has 0 radical (unpaired) electrons. The lowest BCUT2D eigenvalue weighted by atomic mass is 9.98. The number of aryl methyl sites for hydroxylation is 2. The molecule has 0 N–H and O–H groups in total. The van der Waals surface area contributed by atoms with Crippen LogP contribution < -0.4 is 4.74 Å². The van der Waals surface area contributed by atoms with Gasteiger partial charge in [0.2, 0.25) is 0 Å². The Labute approximate surface area is 217 Å². The number of halogens is 1. The van der Waals surface area contributed by atoms with E-state index in [0.29, 0.717) is 5.02 Å². The minimum absolute atomic E-state index is 0.0987. The minimum atomic E-state index is 0.0987. The number of carbonyl (C=O) groups excluding carboxylic acids is 1. The molecule has 5 heteroatoms. The highest BCUT2D eigenvalue weighted by molar-refractivity contribution is 7.98. The number of rotatable bonds is 7. The Morgan fingerprint density at radius 1 is 0.971 bits per heavy atom. The number of nitrogens with zero attached hydrogens (tertiary/aromatic N) is 1. The van der Waals surface area contributed by atoms with E-state index in [1.807, 2.05) is 49.0 Å². The summed E-state index contributed by atoms with van der Waals surface area (Å²) in [6.45, 7) is 4.22. The average molecular weight is 506 g/mol. The van der Waals surface area contributed by atoms with Crippen molar-refractivity contribution in [3.8, 4) is 5.75 Å². The molecule has 0 aliphatic carbocycles. The van der Waals surface area contributed by atoms with Crippen molar-refractivity contribution in [2.75, 3.05) is 0 Å². The molecule has 2 fully saturated rings. The molecule has 2 unspecified atom stereocenters. The van der Waals surface area contributed by atoms with Gasteiger partial charge in [-0.2, -0.15) is 0 Å². The summed E-state index contributed by atoms with van der Waals surface area (Å²) >= 11 is 8.18. The summed E-state index contributed by atoms with van der Waals surface area (Å²) in [4.78, 5) is 16.8. The molecule has 0 aromatic heterocycles. The number of fused-ring (bicyclic) bond motifs is 2. The van der Waals surface area contributed by atoms with E-state index in [9.17, 15) is 4.79 Å². The predicted molar refractivity (Wildman–Crippen MR) is 145 cm³/mol. The SMILES string of the molecule is CCc1ccc(SCc2ccc(C(=O)N3C4CCC3CC(Oc3cc(C)ccc3Cl)C4)cc2)cc1. The number of amides is 1. The van der Waals surface area contributed by atoms with Gasteiger partial charge in [-0.15, -0.1) is 11.8 Å². The molecule has 182 valence electrons. The molecule has 3 nitrogen and oxygen atoms in total. The zero-order valence-corrected chi connectivity index (χ0v) is 21.9. The Kier molecular flexibility index (Phi) is 7.40. The van der Waals surface area contributed by atoms with Crippen LogP contribution in [0.15, 0.2) is 71.6 Å². The fourth-order valence-electron chi connectivity index (χ4n) is 5.32. The Hall–Kier alpha value is -2.43. The maximum atomic E-state index is 13.4. The Bertz CT molecular complexity index is 1160. The number of hydrogen-bond donors (Lipinski definition) is 0. The van der Waals surface area contributed by atoms with Gasteiger partial charge in [-0.05, 0) is 79.3 Å². The highest BCUT2D eigenvalue weighted by atomic mass is 35.5. The first-order valence-electron chi connectivity index (χ1n) is 12.6. The molecule has 2 aliphatic rings. The van der Waals surface area contributed by atoms with Gasteiger partial charge in [-0.1, -0.05) is 48.9 Å². The summed E-state index contributed by atoms with van der Waals surface area (Å²) in [5, 5.41) is 0.651. The molecular weight excluding hydrogens is 474 g/mol. The molecule has 2 heterocycles. The van der Waals surface area contributed by atoms with Crippen molar-refractivity contribution in [2.45, 2.75) is 74.8 Å². The first kappa shape index (κ1) is 24.3. The van der Waals surface area contributed by atoms with E-state index in [2.05, 4.69) is 48.2 Å². The predicted octanol–water partition coefficient (Wildman–Crippen LogP) is 7.72. The van der Waals surface area contributed by atoms with E-state index in [0.717, 1.165) is 54.7 Å². The van der Waals surface area contributed by atoms with Crippen LogP contribution in [0.3, 0.4) is 0 Å². The Balaban J connectivity index is 1.19. The maximum Gasteiger partial charge on any atom is 0.254 e. The highest BCUT2D eigenvalue weighted by Gasteiger charge is 2.44. The van der Waals surface area contributed by atoms with Crippen LogP contribution >= 0.6 is 23.4 Å². The first-order valence-corrected chi connectivity index (χ1v) is 13.9. The molecule has 0 saturated carbocycles. The van der Waals surface area contributed by atoms with E-state index in [1.165, 1.54) is 16.0 Å². The molecule has 1 amide bonds. The molecule has 2 aliphatic heterocycles. The normalized spacial score (nSPS) is 21.2. The maximum absolute atomic E-state index is 13.4. The van der Waals surface area contributed by atoms with Gasteiger partial charge in [0.1, 0.15) is 11.9 Å². The van der Waals surface area contributed by atoms with Crippen molar-refractivity contribution in [1.29, 1.82) is 0 Å². The number of ether oxygens (including phenoxy) is 1. The smallest absolute Gasteiger partial charge is 0.254 e. The second kappa shape index (κ2) is 10.7. The molecular formula is C30H32ClNO2S. The van der Waals surface area contributed by atoms with E-state index >= 15 is 0 Å². The van der Waals surface area contributed by atoms with E-state index in [1.54, 1.807) is 0 Å².